The number of hydrogen-bond donors (Lipinski definition) is 2. The van der Waals surface area contributed by atoms with Crippen LogP contribution in [0.5, 0.6) is 11.5 Å². The minimum atomic E-state index is -0.265. The van der Waals surface area contributed by atoms with Crippen LogP contribution in [0, 0.1) is 6.92 Å². The minimum absolute atomic E-state index is 0.0723. The van der Waals surface area contributed by atoms with Crippen LogP contribution in [-0.4, -0.2) is 34.7 Å². The fraction of sp³-hybridized carbons (Fsp3) is 0.154. The number of aromatic amines is 1. The van der Waals surface area contributed by atoms with Gasteiger partial charge in [-0.3, -0.25) is 4.79 Å². The Morgan fingerprint density at radius 2 is 1.77 bits per heavy atom. The minimum Gasteiger partial charge on any atom is -0.872 e. The lowest BCUT2D eigenvalue weighted by Gasteiger charge is -2.07. The van der Waals surface area contributed by atoms with Crippen LogP contribution in [0.15, 0.2) is 83.1 Å². The van der Waals surface area contributed by atoms with Crippen molar-refractivity contribution < 1.29 is 19.2 Å². The quantitative estimate of drug-likeness (QED) is 0.172. The Hall–Kier alpha value is -4.11. The molecule has 9 heteroatoms. The van der Waals surface area contributed by atoms with E-state index < -0.39 is 0 Å². The van der Waals surface area contributed by atoms with Gasteiger partial charge in [-0.05, 0) is 67.6 Å². The van der Waals surface area contributed by atoms with Gasteiger partial charge < -0.3 is 9.84 Å². The van der Waals surface area contributed by atoms with Crippen LogP contribution in [0.3, 0.4) is 0 Å². The number of hydrazone groups is 1. The summed E-state index contributed by atoms with van der Waals surface area (Å²) in [6.45, 7) is 3.80. The highest BCUT2D eigenvalue weighted by Gasteiger charge is 2.24. The van der Waals surface area contributed by atoms with Crippen LogP contribution >= 0.6 is 11.8 Å². The predicted molar refractivity (Wildman–Crippen MR) is 134 cm³/mol. The van der Waals surface area contributed by atoms with E-state index in [1.165, 1.54) is 23.9 Å². The van der Waals surface area contributed by atoms with E-state index in [0.717, 1.165) is 34.0 Å². The highest BCUT2D eigenvalue weighted by Crippen LogP contribution is 2.22. The van der Waals surface area contributed by atoms with Crippen LogP contribution in [0.25, 0.3) is 17.1 Å². The molecule has 8 nitrogen and oxygen atoms in total. The molecule has 0 spiro atoms. The lowest BCUT2D eigenvalue weighted by atomic mass is 10.1. The summed E-state index contributed by atoms with van der Waals surface area (Å²) in [5, 5.41) is 23.6. The number of amides is 1. The number of ether oxygens (including phenoxy) is 1. The number of hydrogen-bond acceptors (Lipinski definition) is 6. The van der Waals surface area contributed by atoms with Gasteiger partial charge in [0.05, 0.1) is 29.2 Å². The van der Waals surface area contributed by atoms with Crippen molar-refractivity contribution in [2.75, 3.05) is 12.9 Å². The van der Waals surface area contributed by atoms with Crippen LogP contribution in [0.1, 0.15) is 18.1 Å². The first kappa shape index (κ1) is 24.0. The molecule has 0 radical (unpaired) electrons. The molecule has 3 aromatic carbocycles. The summed E-state index contributed by atoms with van der Waals surface area (Å²) in [7, 11) is 1.63. The average molecular weight is 488 g/mol. The third-order valence-electron chi connectivity index (χ3n) is 5.28. The molecule has 1 amide bonds. The Balaban J connectivity index is 1.53. The van der Waals surface area contributed by atoms with Crippen LogP contribution < -0.4 is 19.8 Å². The van der Waals surface area contributed by atoms with Gasteiger partial charge in [0.25, 0.3) is 11.7 Å². The largest absolute Gasteiger partial charge is 0.872 e. The van der Waals surface area contributed by atoms with Gasteiger partial charge in [-0.25, -0.2) is 5.43 Å². The molecular formula is C26H25N5O3S. The van der Waals surface area contributed by atoms with Crippen molar-refractivity contribution in [1.29, 1.82) is 0 Å². The number of nitrogens with one attached hydrogen (secondary N) is 2. The van der Waals surface area contributed by atoms with Gasteiger partial charge in [-0.1, -0.05) is 42.0 Å². The third kappa shape index (κ3) is 5.88. The second-order valence-corrected chi connectivity index (χ2v) is 8.74. The van der Waals surface area contributed by atoms with E-state index in [4.69, 9.17) is 4.74 Å². The normalized spacial score (nSPS) is 11.3. The van der Waals surface area contributed by atoms with Gasteiger partial charge in [0, 0.05) is 0 Å². The standard InChI is InChI=1S/C26H25N5O3S/c1-17-4-10-21(11-5-17)31-25(20-8-14-23(34-3)15-9-20)29-30-26(31)35-16-24(33)28-27-18(2)19-6-12-22(32)13-7-19/h4-15H,16H2,1-3H3,(H2,27,28,32,33). The molecule has 0 bridgehead atoms. The van der Waals surface area contributed by atoms with E-state index in [1.54, 1.807) is 26.2 Å². The molecule has 0 saturated heterocycles. The summed E-state index contributed by atoms with van der Waals surface area (Å²) >= 11 is 1.30. The number of H-pyrrole nitrogens is 1. The topological polar surface area (TPSA) is 106 Å². The second kappa shape index (κ2) is 10.9. The Kier molecular flexibility index (Phi) is 7.47. The molecule has 0 aliphatic rings. The first-order valence-corrected chi connectivity index (χ1v) is 11.9. The van der Waals surface area contributed by atoms with E-state index >= 15 is 0 Å². The molecule has 1 aromatic heterocycles. The highest BCUT2D eigenvalue weighted by atomic mass is 32.2. The lowest BCUT2D eigenvalue weighted by molar-refractivity contribution is -0.625. The zero-order valence-corrected chi connectivity index (χ0v) is 20.4. The van der Waals surface area contributed by atoms with Crippen molar-refractivity contribution >= 4 is 23.4 Å². The maximum atomic E-state index is 12.5. The van der Waals surface area contributed by atoms with E-state index in [-0.39, 0.29) is 17.4 Å². The van der Waals surface area contributed by atoms with Gasteiger partial charge in [0.2, 0.25) is 0 Å². The number of aromatic nitrogens is 3. The van der Waals surface area contributed by atoms with E-state index in [1.807, 2.05) is 60.0 Å². The molecule has 2 N–H and O–H groups in total. The van der Waals surface area contributed by atoms with Crippen molar-refractivity contribution in [3.63, 3.8) is 0 Å². The second-order valence-electron chi connectivity index (χ2n) is 7.80. The first-order valence-electron chi connectivity index (χ1n) is 10.9. The summed E-state index contributed by atoms with van der Waals surface area (Å²) in [5.41, 5.74) is 6.96. The number of rotatable bonds is 8. The Labute approximate surface area is 207 Å². The summed E-state index contributed by atoms with van der Waals surface area (Å²) in [4.78, 5) is 12.5. The molecule has 0 aliphatic heterocycles. The molecular weight excluding hydrogens is 462 g/mol. The molecule has 0 fully saturated rings. The summed E-state index contributed by atoms with van der Waals surface area (Å²) in [5.74, 6) is 1.34. The van der Waals surface area contributed by atoms with Crippen LogP contribution in [-0.2, 0) is 4.79 Å². The van der Waals surface area contributed by atoms with Gasteiger partial charge >= 0.3 is 5.16 Å². The number of methoxy groups -OCH3 is 1. The molecule has 4 aromatic rings. The number of nitrogens with zero attached hydrogens (tertiary/aromatic N) is 3. The van der Waals surface area contributed by atoms with Crippen molar-refractivity contribution in [3.8, 4) is 28.6 Å². The average Bonchev–Trinajstić information content (AvgIpc) is 3.31. The molecule has 178 valence electrons. The van der Waals surface area contributed by atoms with Crippen molar-refractivity contribution in [1.82, 2.24) is 15.6 Å². The number of thioether (sulfide) groups is 1. The summed E-state index contributed by atoms with van der Waals surface area (Å²) in [6.07, 6.45) is 0. The van der Waals surface area contributed by atoms with Crippen LogP contribution in [0.4, 0.5) is 0 Å². The molecule has 0 unspecified atom stereocenters. The molecule has 35 heavy (non-hydrogen) atoms. The van der Waals surface area contributed by atoms with Crippen molar-refractivity contribution in [2.24, 2.45) is 5.10 Å². The van der Waals surface area contributed by atoms with Crippen molar-refractivity contribution in [3.05, 3.63) is 83.9 Å². The zero-order valence-electron chi connectivity index (χ0n) is 19.6. The monoisotopic (exact) mass is 487 g/mol. The van der Waals surface area contributed by atoms with Gasteiger partial charge in [0.15, 0.2) is 0 Å². The third-order valence-corrected chi connectivity index (χ3v) is 6.22. The molecule has 0 saturated carbocycles. The van der Waals surface area contributed by atoms with E-state index in [2.05, 4.69) is 20.7 Å². The fourth-order valence-electron chi connectivity index (χ4n) is 3.34. The Bertz CT molecular complexity index is 1330. The van der Waals surface area contributed by atoms with E-state index in [0.29, 0.717) is 10.9 Å². The maximum absolute atomic E-state index is 12.5. The first-order chi connectivity index (χ1) is 16.9. The van der Waals surface area contributed by atoms with E-state index in [9.17, 15) is 9.90 Å². The lowest BCUT2D eigenvalue weighted by Crippen LogP contribution is -2.34. The van der Waals surface area contributed by atoms with Gasteiger partial charge in [-0.2, -0.15) is 9.67 Å². The number of aryl methyl sites for hydroxylation is 1. The molecule has 4 rings (SSSR count). The number of carbonyl (C=O) groups is 1. The summed E-state index contributed by atoms with van der Waals surface area (Å²) in [6, 6.07) is 22.1. The van der Waals surface area contributed by atoms with Crippen molar-refractivity contribution in [2.45, 2.75) is 19.0 Å². The smallest absolute Gasteiger partial charge is 0.342 e. The molecule has 0 aliphatic carbocycles. The fourth-order valence-corrected chi connectivity index (χ4v) is 4.10. The zero-order chi connectivity index (χ0) is 24.8. The Morgan fingerprint density at radius 1 is 1.09 bits per heavy atom. The number of benzene rings is 3. The summed E-state index contributed by atoms with van der Waals surface area (Å²) < 4.78 is 7.26. The van der Waals surface area contributed by atoms with Gasteiger partial charge in [0.1, 0.15) is 11.4 Å². The highest BCUT2D eigenvalue weighted by molar-refractivity contribution is 7.99. The predicted octanol–water partition coefficient (Wildman–Crippen LogP) is 3.38. The van der Waals surface area contributed by atoms with Gasteiger partial charge in [-0.15, -0.1) is 10.8 Å². The SMILES string of the molecule is COc1ccc(-c2[nH]nc(SCC(=O)N/N=C(\C)c3ccc([O-])cc3)[n+]2-c2ccc(C)cc2)cc1. The van der Waals surface area contributed by atoms with Crippen LogP contribution in [0.2, 0.25) is 0 Å². The molecule has 1 heterocycles. The Morgan fingerprint density at radius 3 is 2.43 bits per heavy atom. The maximum Gasteiger partial charge on any atom is 0.342 e. The number of carbonyl (C=O) groups excluding carboxylic acids is 1. The molecule has 0 atom stereocenters.